The highest BCUT2D eigenvalue weighted by Crippen LogP contribution is 2.23. The highest BCUT2D eigenvalue weighted by atomic mass is 16.5. The van der Waals surface area contributed by atoms with Gasteiger partial charge in [0.05, 0.1) is 0 Å². The maximum atomic E-state index is 10.9. The van der Waals surface area contributed by atoms with E-state index in [1.54, 1.807) is 0 Å². The topological polar surface area (TPSA) is 29.5 Å². The SMILES string of the molecule is CC(=O)Oc1cccc(C)c1CN(C)C. The van der Waals surface area contributed by atoms with Crippen LogP contribution in [0.1, 0.15) is 18.1 Å². The maximum absolute atomic E-state index is 10.9. The molecule has 0 atom stereocenters. The van der Waals surface area contributed by atoms with Gasteiger partial charge in [0.2, 0.25) is 0 Å². The van der Waals surface area contributed by atoms with E-state index in [0.29, 0.717) is 5.75 Å². The number of aryl methyl sites for hydroxylation is 1. The van der Waals surface area contributed by atoms with Gasteiger partial charge in [0.15, 0.2) is 0 Å². The molecule has 0 aromatic heterocycles. The fourth-order valence-corrected chi connectivity index (χ4v) is 1.44. The summed E-state index contributed by atoms with van der Waals surface area (Å²) in [5.41, 5.74) is 2.21. The van der Waals surface area contributed by atoms with Crippen LogP contribution in [0, 0.1) is 6.92 Å². The van der Waals surface area contributed by atoms with E-state index >= 15 is 0 Å². The molecule has 0 spiro atoms. The molecule has 0 saturated heterocycles. The molecule has 0 aliphatic heterocycles. The van der Waals surface area contributed by atoms with Crippen LogP contribution in [0.25, 0.3) is 0 Å². The molecule has 0 N–H and O–H groups in total. The number of ether oxygens (including phenoxy) is 1. The summed E-state index contributed by atoms with van der Waals surface area (Å²) >= 11 is 0. The molecular weight excluding hydrogens is 190 g/mol. The number of benzene rings is 1. The van der Waals surface area contributed by atoms with Crippen LogP contribution in [0.5, 0.6) is 5.75 Å². The largest absolute Gasteiger partial charge is 0.426 e. The maximum Gasteiger partial charge on any atom is 0.308 e. The molecule has 0 fully saturated rings. The van der Waals surface area contributed by atoms with E-state index in [0.717, 1.165) is 17.7 Å². The fourth-order valence-electron chi connectivity index (χ4n) is 1.44. The summed E-state index contributed by atoms with van der Waals surface area (Å²) in [5, 5.41) is 0. The Bertz CT molecular complexity index is 359. The number of hydrogen-bond acceptors (Lipinski definition) is 3. The number of carbonyl (C=O) groups excluding carboxylic acids is 1. The van der Waals surface area contributed by atoms with Crippen LogP contribution in [-0.4, -0.2) is 25.0 Å². The molecule has 1 aromatic rings. The first-order chi connectivity index (χ1) is 7.00. The molecule has 1 rings (SSSR count). The average molecular weight is 207 g/mol. The predicted octanol–water partition coefficient (Wildman–Crippen LogP) is 1.98. The minimum absolute atomic E-state index is 0.277. The Morgan fingerprint density at radius 3 is 2.60 bits per heavy atom. The van der Waals surface area contributed by atoms with E-state index in [1.807, 2.05) is 39.2 Å². The molecule has 0 saturated carbocycles. The van der Waals surface area contributed by atoms with Gasteiger partial charge in [0.25, 0.3) is 0 Å². The normalized spacial score (nSPS) is 10.5. The Kier molecular flexibility index (Phi) is 3.86. The van der Waals surface area contributed by atoms with Crippen molar-refractivity contribution in [3.05, 3.63) is 29.3 Å². The van der Waals surface area contributed by atoms with E-state index in [4.69, 9.17) is 4.74 Å². The van der Waals surface area contributed by atoms with Gasteiger partial charge in [0.1, 0.15) is 5.75 Å². The highest BCUT2D eigenvalue weighted by Gasteiger charge is 2.09. The summed E-state index contributed by atoms with van der Waals surface area (Å²) in [4.78, 5) is 13.0. The first kappa shape index (κ1) is 11.7. The van der Waals surface area contributed by atoms with Crippen LogP contribution < -0.4 is 4.74 Å². The molecule has 82 valence electrons. The second kappa shape index (κ2) is 4.94. The molecule has 0 radical (unpaired) electrons. The van der Waals surface area contributed by atoms with Crippen molar-refractivity contribution in [2.45, 2.75) is 20.4 Å². The molecule has 0 bridgehead atoms. The minimum Gasteiger partial charge on any atom is -0.426 e. The zero-order valence-electron chi connectivity index (χ0n) is 9.70. The first-order valence-electron chi connectivity index (χ1n) is 4.92. The minimum atomic E-state index is -0.277. The Balaban J connectivity index is 3.02. The van der Waals surface area contributed by atoms with Crippen LogP contribution in [0.4, 0.5) is 0 Å². The lowest BCUT2D eigenvalue weighted by atomic mass is 10.1. The molecule has 0 unspecified atom stereocenters. The van der Waals surface area contributed by atoms with Gasteiger partial charge in [-0.15, -0.1) is 0 Å². The molecular formula is C12H17NO2. The lowest BCUT2D eigenvalue weighted by Crippen LogP contribution is -2.14. The van der Waals surface area contributed by atoms with Gasteiger partial charge in [-0.2, -0.15) is 0 Å². The predicted molar refractivity (Wildman–Crippen MR) is 59.9 cm³/mol. The highest BCUT2D eigenvalue weighted by molar-refractivity contribution is 5.70. The Hall–Kier alpha value is -1.35. The van der Waals surface area contributed by atoms with Crippen LogP contribution in [0.15, 0.2) is 18.2 Å². The average Bonchev–Trinajstić information content (AvgIpc) is 2.09. The molecule has 1 aromatic carbocycles. The summed E-state index contributed by atoms with van der Waals surface area (Å²) in [6.07, 6.45) is 0. The summed E-state index contributed by atoms with van der Waals surface area (Å²) in [7, 11) is 3.98. The van der Waals surface area contributed by atoms with Crippen molar-refractivity contribution in [2.75, 3.05) is 14.1 Å². The Labute approximate surface area is 90.7 Å². The van der Waals surface area contributed by atoms with Crippen molar-refractivity contribution < 1.29 is 9.53 Å². The zero-order valence-corrected chi connectivity index (χ0v) is 9.70. The van der Waals surface area contributed by atoms with E-state index in [9.17, 15) is 4.79 Å². The summed E-state index contributed by atoms with van der Waals surface area (Å²) in [5.74, 6) is 0.386. The molecule has 0 heterocycles. The van der Waals surface area contributed by atoms with E-state index < -0.39 is 0 Å². The van der Waals surface area contributed by atoms with Crippen LogP contribution >= 0.6 is 0 Å². The third-order valence-electron chi connectivity index (χ3n) is 2.10. The molecule has 3 heteroatoms. The Morgan fingerprint density at radius 1 is 1.40 bits per heavy atom. The van der Waals surface area contributed by atoms with Crippen molar-refractivity contribution >= 4 is 5.97 Å². The van der Waals surface area contributed by atoms with Crippen LogP contribution in [0.2, 0.25) is 0 Å². The smallest absolute Gasteiger partial charge is 0.308 e. The van der Waals surface area contributed by atoms with Gasteiger partial charge < -0.3 is 9.64 Å². The standard InChI is InChI=1S/C12H17NO2/c1-9-6-5-7-12(15-10(2)14)11(9)8-13(3)4/h5-7H,8H2,1-4H3. The second-order valence-electron chi connectivity index (χ2n) is 3.88. The van der Waals surface area contributed by atoms with Crippen molar-refractivity contribution in [1.82, 2.24) is 4.90 Å². The molecule has 0 amide bonds. The van der Waals surface area contributed by atoms with Crippen molar-refractivity contribution in [1.29, 1.82) is 0 Å². The summed E-state index contributed by atoms with van der Waals surface area (Å²) in [6.45, 7) is 4.21. The first-order valence-corrected chi connectivity index (χ1v) is 4.92. The van der Waals surface area contributed by atoms with Crippen LogP contribution in [-0.2, 0) is 11.3 Å². The number of nitrogens with zero attached hydrogens (tertiary/aromatic N) is 1. The van der Waals surface area contributed by atoms with Gasteiger partial charge in [-0.05, 0) is 32.6 Å². The summed E-state index contributed by atoms with van der Waals surface area (Å²) in [6, 6.07) is 5.74. The third kappa shape index (κ3) is 3.36. The molecule has 0 aliphatic rings. The molecule has 0 aliphatic carbocycles. The zero-order chi connectivity index (χ0) is 11.4. The number of rotatable bonds is 3. The van der Waals surface area contributed by atoms with Gasteiger partial charge in [-0.3, -0.25) is 4.79 Å². The lowest BCUT2D eigenvalue weighted by Gasteiger charge is -2.15. The van der Waals surface area contributed by atoms with Gasteiger partial charge >= 0.3 is 5.97 Å². The number of esters is 1. The van der Waals surface area contributed by atoms with Crippen molar-refractivity contribution in [3.63, 3.8) is 0 Å². The number of carbonyl (C=O) groups is 1. The lowest BCUT2D eigenvalue weighted by molar-refractivity contribution is -0.131. The number of hydrogen-bond donors (Lipinski definition) is 0. The second-order valence-corrected chi connectivity index (χ2v) is 3.88. The van der Waals surface area contributed by atoms with Gasteiger partial charge in [-0.1, -0.05) is 12.1 Å². The van der Waals surface area contributed by atoms with Crippen molar-refractivity contribution in [3.8, 4) is 5.75 Å². The monoisotopic (exact) mass is 207 g/mol. The van der Waals surface area contributed by atoms with Crippen LogP contribution in [0.3, 0.4) is 0 Å². The van der Waals surface area contributed by atoms with Crippen molar-refractivity contribution in [2.24, 2.45) is 0 Å². The summed E-state index contributed by atoms with van der Waals surface area (Å²) < 4.78 is 5.16. The van der Waals surface area contributed by atoms with E-state index in [-0.39, 0.29) is 5.97 Å². The Morgan fingerprint density at radius 2 is 2.07 bits per heavy atom. The van der Waals surface area contributed by atoms with E-state index in [2.05, 4.69) is 4.90 Å². The van der Waals surface area contributed by atoms with E-state index in [1.165, 1.54) is 6.92 Å². The van der Waals surface area contributed by atoms with Gasteiger partial charge in [0, 0.05) is 19.0 Å². The fraction of sp³-hybridized carbons (Fsp3) is 0.417. The quantitative estimate of drug-likeness (QED) is 0.560. The van der Waals surface area contributed by atoms with Gasteiger partial charge in [-0.25, -0.2) is 0 Å². The molecule has 15 heavy (non-hydrogen) atoms. The molecule has 3 nitrogen and oxygen atoms in total. The third-order valence-corrected chi connectivity index (χ3v) is 2.10.